The molecule has 5 nitrogen and oxygen atoms in total. The summed E-state index contributed by atoms with van der Waals surface area (Å²) in [6.45, 7) is 2.48. The van der Waals surface area contributed by atoms with E-state index in [0.29, 0.717) is 24.6 Å². The molecule has 0 fully saturated rings. The van der Waals surface area contributed by atoms with Crippen molar-refractivity contribution in [2.75, 3.05) is 10.8 Å². The molecule has 0 aliphatic rings. The Morgan fingerprint density at radius 2 is 1.55 bits per heavy atom. The number of para-hydroxylation sites is 1. The highest BCUT2D eigenvalue weighted by Gasteiger charge is 2.23. The van der Waals surface area contributed by atoms with E-state index in [9.17, 15) is 8.42 Å². The quantitative estimate of drug-likeness (QED) is 0.350. The molecule has 0 bridgehead atoms. The first-order chi connectivity index (χ1) is 15.1. The fourth-order valence-electron chi connectivity index (χ4n) is 3.16. The fraction of sp³-hybridized carbons (Fsp3) is 0.125. The van der Waals surface area contributed by atoms with Gasteiger partial charge in [0.1, 0.15) is 17.4 Å². The molecule has 1 heterocycles. The predicted molar refractivity (Wildman–Crippen MR) is 125 cm³/mol. The van der Waals surface area contributed by atoms with Gasteiger partial charge in [-0.25, -0.2) is 13.4 Å². The summed E-state index contributed by atoms with van der Waals surface area (Å²) in [5.74, 6) is 0.593. The van der Waals surface area contributed by atoms with Gasteiger partial charge < -0.3 is 4.74 Å². The molecular formula is C24H22N2O3S2. The zero-order chi connectivity index (χ0) is 21.7. The van der Waals surface area contributed by atoms with Gasteiger partial charge in [0.25, 0.3) is 10.0 Å². The third-order valence-corrected chi connectivity index (χ3v) is 7.56. The maximum atomic E-state index is 13.1. The van der Waals surface area contributed by atoms with Crippen LogP contribution in [-0.4, -0.2) is 19.9 Å². The Kier molecular flexibility index (Phi) is 6.34. The zero-order valence-corrected chi connectivity index (χ0v) is 18.6. The van der Waals surface area contributed by atoms with E-state index >= 15 is 0 Å². The number of rotatable bonds is 8. The molecule has 0 saturated carbocycles. The van der Waals surface area contributed by atoms with E-state index < -0.39 is 10.0 Å². The van der Waals surface area contributed by atoms with Gasteiger partial charge in [0.2, 0.25) is 0 Å². The average Bonchev–Trinajstić information content (AvgIpc) is 3.29. The monoisotopic (exact) mass is 450 g/mol. The molecule has 0 aliphatic carbocycles. The molecule has 158 valence electrons. The van der Waals surface area contributed by atoms with E-state index in [2.05, 4.69) is 4.98 Å². The van der Waals surface area contributed by atoms with Gasteiger partial charge in [-0.15, -0.1) is 11.3 Å². The number of benzene rings is 3. The summed E-state index contributed by atoms with van der Waals surface area (Å²) in [6.07, 6.45) is 0. The van der Waals surface area contributed by atoms with Gasteiger partial charge in [-0.05, 0) is 43.3 Å². The minimum Gasteiger partial charge on any atom is -0.487 e. The number of sulfonamides is 1. The van der Waals surface area contributed by atoms with E-state index in [1.807, 2.05) is 60.8 Å². The lowest BCUT2D eigenvalue weighted by atomic mass is 10.2. The third kappa shape index (κ3) is 4.78. The molecule has 4 aromatic rings. The Morgan fingerprint density at radius 3 is 2.19 bits per heavy atom. The average molecular weight is 451 g/mol. The van der Waals surface area contributed by atoms with Crippen LogP contribution in [0.15, 0.2) is 95.2 Å². The maximum Gasteiger partial charge on any atom is 0.264 e. The highest BCUT2D eigenvalue weighted by Crippen LogP contribution is 2.26. The van der Waals surface area contributed by atoms with Crippen LogP contribution >= 0.6 is 11.3 Å². The molecule has 0 amide bonds. The standard InChI is InChI=1S/C24H22N2O3S2/c1-2-26(21-11-7-4-8-12-21)31(27,28)23-15-13-22(14-16-23)29-17-20-18-30-24(25-20)19-9-5-3-6-10-19/h3-16,18H,2,17H2,1H3. The second-order valence-electron chi connectivity index (χ2n) is 6.78. The first-order valence-corrected chi connectivity index (χ1v) is 12.2. The molecule has 0 N–H and O–H groups in total. The van der Waals surface area contributed by atoms with E-state index in [-0.39, 0.29) is 4.90 Å². The summed E-state index contributed by atoms with van der Waals surface area (Å²) in [6, 6.07) is 25.6. The summed E-state index contributed by atoms with van der Waals surface area (Å²) in [4.78, 5) is 4.84. The topological polar surface area (TPSA) is 59.5 Å². The Labute approximate surface area is 186 Å². The van der Waals surface area contributed by atoms with Crippen molar-refractivity contribution < 1.29 is 13.2 Å². The Balaban J connectivity index is 1.44. The fourth-order valence-corrected chi connectivity index (χ4v) is 5.45. The van der Waals surface area contributed by atoms with Crippen LogP contribution in [0.5, 0.6) is 5.75 Å². The van der Waals surface area contributed by atoms with Crippen molar-refractivity contribution in [3.63, 3.8) is 0 Å². The van der Waals surface area contributed by atoms with Crippen molar-refractivity contribution in [2.45, 2.75) is 18.4 Å². The number of nitrogens with zero attached hydrogens (tertiary/aromatic N) is 2. The first kappa shape index (κ1) is 21.1. The van der Waals surface area contributed by atoms with E-state index in [1.165, 1.54) is 4.31 Å². The maximum absolute atomic E-state index is 13.1. The van der Waals surface area contributed by atoms with Gasteiger partial charge in [-0.2, -0.15) is 0 Å². The van der Waals surface area contributed by atoms with Gasteiger partial charge in [0.15, 0.2) is 0 Å². The van der Waals surface area contributed by atoms with Crippen LogP contribution < -0.4 is 9.04 Å². The predicted octanol–water partition coefficient (Wildman–Crippen LogP) is 5.60. The number of hydrogen-bond acceptors (Lipinski definition) is 5. The molecule has 0 aliphatic heterocycles. The van der Waals surface area contributed by atoms with E-state index in [4.69, 9.17) is 4.74 Å². The molecule has 4 rings (SSSR count). The molecule has 1 aromatic heterocycles. The van der Waals surface area contributed by atoms with Gasteiger partial charge in [0.05, 0.1) is 16.3 Å². The molecule has 0 atom stereocenters. The van der Waals surface area contributed by atoms with Crippen LogP contribution in [0.1, 0.15) is 12.6 Å². The van der Waals surface area contributed by atoms with E-state index in [1.54, 1.807) is 47.7 Å². The van der Waals surface area contributed by atoms with Gasteiger partial charge >= 0.3 is 0 Å². The highest BCUT2D eigenvalue weighted by molar-refractivity contribution is 7.92. The molecule has 0 saturated heterocycles. The Morgan fingerprint density at radius 1 is 0.903 bits per heavy atom. The van der Waals surface area contributed by atoms with Crippen molar-refractivity contribution in [2.24, 2.45) is 0 Å². The van der Waals surface area contributed by atoms with Crippen LogP contribution in [0.25, 0.3) is 10.6 Å². The van der Waals surface area contributed by atoms with Crippen molar-refractivity contribution >= 4 is 27.0 Å². The van der Waals surface area contributed by atoms with E-state index in [0.717, 1.165) is 16.3 Å². The molecular weight excluding hydrogens is 428 g/mol. The lowest BCUT2D eigenvalue weighted by molar-refractivity contribution is 0.302. The summed E-state index contributed by atoms with van der Waals surface area (Å²) >= 11 is 1.57. The van der Waals surface area contributed by atoms with Crippen molar-refractivity contribution in [3.05, 3.63) is 96.0 Å². The number of anilines is 1. The lowest BCUT2D eigenvalue weighted by Gasteiger charge is -2.23. The second-order valence-corrected chi connectivity index (χ2v) is 9.50. The smallest absolute Gasteiger partial charge is 0.264 e. The number of ether oxygens (including phenoxy) is 1. The van der Waals surface area contributed by atoms with Crippen LogP contribution in [0, 0.1) is 0 Å². The summed E-state index contributed by atoms with van der Waals surface area (Å²) in [5, 5.41) is 2.92. The highest BCUT2D eigenvalue weighted by atomic mass is 32.2. The molecule has 0 radical (unpaired) electrons. The van der Waals surface area contributed by atoms with Gasteiger partial charge in [0, 0.05) is 17.5 Å². The molecule has 0 unspecified atom stereocenters. The number of aromatic nitrogens is 1. The summed E-state index contributed by atoms with van der Waals surface area (Å²) < 4.78 is 33.3. The molecule has 31 heavy (non-hydrogen) atoms. The van der Waals surface area contributed by atoms with Crippen LogP contribution in [-0.2, 0) is 16.6 Å². The minimum absolute atomic E-state index is 0.227. The molecule has 3 aromatic carbocycles. The summed E-state index contributed by atoms with van der Waals surface area (Å²) in [7, 11) is -3.65. The van der Waals surface area contributed by atoms with Crippen LogP contribution in [0.2, 0.25) is 0 Å². The molecule has 7 heteroatoms. The largest absolute Gasteiger partial charge is 0.487 e. The zero-order valence-electron chi connectivity index (χ0n) is 17.0. The summed E-state index contributed by atoms with van der Waals surface area (Å²) in [5.41, 5.74) is 2.55. The third-order valence-electron chi connectivity index (χ3n) is 4.70. The van der Waals surface area contributed by atoms with Crippen molar-refractivity contribution in [3.8, 4) is 16.3 Å². The SMILES string of the molecule is CCN(c1ccccc1)S(=O)(=O)c1ccc(OCc2csc(-c3ccccc3)n2)cc1. The Hall–Kier alpha value is -3.16. The molecule has 0 spiro atoms. The van der Waals surface area contributed by atoms with Crippen LogP contribution in [0.3, 0.4) is 0 Å². The second kappa shape index (κ2) is 9.32. The van der Waals surface area contributed by atoms with Crippen molar-refractivity contribution in [1.29, 1.82) is 0 Å². The Bertz CT molecular complexity index is 1220. The van der Waals surface area contributed by atoms with Gasteiger partial charge in [-0.1, -0.05) is 48.5 Å². The normalized spacial score (nSPS) is 11.3. The van der Waals surface area contributed by atoms with Gasteiger partial charge in [-0.3, -0.25) is 4.31 Å². The van der Waals surface area contributed by atoms with Crippen LogP contribution in [0.4, 0.5) is 5.69 Å². The number of thiazole rings is 1. The first-order valence-electron chi connectivity index (χ1n) is 9.88. The van der Waals surface area contributed by atoms with Crippen molar-refractivity contribution in [1.82, 2.24) is 4.98 Å². The lowest BCUT2D eigenvalue weighted by Crippen LogP contribution is -2.30. The minimum atomic E-state index is -3.65. The number of hydrogen-bond donors (Lipinski definition) is 0.